The van der Waals surface area contributed by atoms with Crippen molar-refractivity contribution < 1.29 is 5.11 Å². The third kappa shape index (κ3) is 1.66. The van der Waals surface area contributed by atoms with Crippen LogP contribution in [0.3, 0.4) is 0 Å². The molecule has 2 nitrogen and oxygen atoms in total. The Labute approximate surface area is 56.1 Å². The smallest absolute Gasteiger partial charge is 0.0693 e. The van der Waals surface area contributed by atoms with Gasteiger partial charge in [-0.1, -0.05) is 6.92 Å². The van der Waals surface area contributed by atoms with Crippen LogP contribution in [0.1, 0.15) is 26.2 Å². The minimum Gasteiger partial charge on any atom is -0.392 e. The van der Waals surface area contributed by atoms with Crippen LogP contribution in [0.4, 0.5) is 0 Å². The van der Waals surface area contributed by atoms with Crippen molar-refractivity contribution in [1.29, 1.82) is 0 Å². The molecule has 0 heterocycles. The molecule has 0 aliphatic heterocycles. The minimum atomic E-state index is -0.242. The van der Waals surface area contributed by atoms with Crippen molar-refractivity contribution in [3.8, 4) is 0 Å². The zero-order valence-corrected chi connectivity index (χ0v) is 5.88. The maximum atomic E-state index is 9.22. The lowest BCUT2D eigenvalue weighted by Crippen LogP contribution is -2.39. The molecule has 0 amide bonds. The molecule has 0 aromatic rings. The molecular weight excluding hydrogens is 114 g/mol. The Hall–Kier alpha value is -0.0800. The first-order chi connectivity index (χ1) is 4.20. The van der Waals surface area contributed by atoms with E-state index in [-0.39, 0.29) is 12.1 Å². The third-order valence-electron chi connectivity index (χ3n) is 2.13. The van der Waals surface area contributed by atoms with Crippen molar-refractivity contribution in [2.75, 3.05) is 0 Å². The van der Waals surface area contributed by atoms with Crippen LogP contribution in [-0.2, 0) is 0 Å². The van der Waals surface area contributed by atoms with E-state index in [1.807, 2.05) is 0 Å². The van der Waals surface area contributed by atoms with Crippen LogP contribution < -0.4 is 5.73 Å². The topological polar surface area (TPSA) is 46.2 Å². The molecule has 0 unspecified atom stereocenters. The number of nitrogens with two attached hydrogens (primary N) is 1. The van der Waals surface area contributed by atoms with E-state index in [1.165, 1.54) is 6.42 Å². The molecule has 1 rings (SSSR count). The van der Waals surface area contributed by atoms with Crippen molar-refractivity contribution >= 4 is 0 Å². The highest BCUT2D eigenvalue weighted by molar-refractivity contribution is 4.79. The summed E-state index contributed by atoms with van der Waals surface area (Å²) in [6, 6.07) is 0.0428. The fourth-order valence-electron chi connectivity index (χ4n) is 1.37. The van der Waals surface area contributed by atoms with Gasteiger partial charge >= 0.3 is 0 Å². The van der Waals surface area contributed by atoms with Gasteiger partial charge in [0.25, 0.3) is 0 Å². The van der Waals surface area contributed by atoms with Gasteiger partial charge in [-0.15, -0.1) is 0 Å². The van der Waals surface area contributed by atoms with Crippen LogP contribution in [0.25, 0.3) is 0 Å². The highest BCUT2D eigenvalue weighted by Crippen LogP contribution is 2.22. The minimum absolute atomic E-state index is 0.0428. The van der Waals surface area contributed by atoms with Crippen molar-refractivity contribution in [3.05, 3.63) is 0 Å². The van der Waals surface area contributed by atoms with Gasteiger partial charge in [-0.25, -0.2) is 0 Å². The van der Waals surface area contributed by atoms with Crippen LogP contribution in [0, 0.1) is 5.92 Å². The average molecular weight is 129 g/mol. The van der Waals surface area contributed by atoms with Gasteiger partial charge < -0.3 is 10.8 Å². The predicted octanol–water partition coefficient (Wildman–Crippen LogP) is 0.495. The summed E-state index contributed by atoms with van der Waals surface area (Å²) < 4.78 is 0. The Kier molecular flexibility index (Phi) is 2.09. The monoisotopic (exact) mass is 129 g/mol. The number of aliphatic hydroxyl groups is 1. The summed E-state index contributed by atoms with van der Waals surface area (Å²) in [5.41, 5.74) is 5.59. The van der Waals surface area contributed by atoms with Crippen LogP contribution in [0.15, 0.2) is 0 Å². The van der Waals surface area contributed by atoms with Gasteiger partial charge in [0, 0.05) is 6.04 Å². The van der Waals surface area contributed by atoms with Gasteiger partial charge in [-0.3, -0.25) is 0 Å². The number of rotatable bonds is 0. The molecule has 2 heteroatoms. The van der Waals surface area contributed by atoms with E-state index in [0.717, 1.165) is 12.8 Å². The molecule has 1 fully saturated rings. The Morgan fingerprint density at radius 3 is 2.56 bits per heavy atom. The molecule has 0 saturated heterocycles. The highest BCUT2D eigenvalue weighted by Gasteiger charge is 2.23. The molecule has 0 spiro atoms. The summed E-state index contributed by atoms with van der Waals surface area (Å²) in [6.07, 6.45) is 2.82. The zero-order chi connectivity index (χ0) is 6.85. The SMILES string of the molecule is C[C@@H]1CC[C@H](N)[C@@H](O)C1. The fourth-order valence-corrected chi connectivity index (χ4v) is 1.37. The summed E-state index contributed by atoms with van der Waals surface area (Å²) in [5.74, 6) is 0.666. The van der Waals surface area contributed by atoms with Gasteiger partial charge in [0.05, 0.1) is 6.10 Å². The molecule has 0 aromatic carbocycles. The van der Waals surface area contributed by atoms with Gasteiger partial charge in [-0.2, -0.15) is 0 Å². The Morgan fingerprint density at radius 1 is 1.44 bits per heavy atom. The molecule has 54 valence electrons. The molecule has 3 atom stereocenters. The molecule has 3 N–H and O–H groups in total. The van der Waals surface area contributed by atoms with Crippen LogP contribution in [0.5, 0.6) is 0 Å². The van der Waals surface area contributed by atoms with E-state index >= 15 is 0 Å². The van der Waals surface area contributed by atoms with E-state index in [4.69, 9.17) is 5.73 Å². The van der Waals surface area contributed by atoms with E-state index in [0.29, 0.717) is 5.92 Å². The summed E-state index contributed by atoms with van der Waals surface area (Å²) in [6.45, 7) is 2.16. The van der Waals surface area contributed by atoms with Gasteiger partial charge in [0.1, 0.15) is 0 Å². The summed E-state index contributed by atoms with van der Waals surface area (Å²) in [5, 5.41) is 9.22. The molecular formula is C7H15NO. The highest BCUT2D eigenvalue weighted by atomic mass is 16.3. The first-order valence-corrected chi connectivity index (χ1v) is 3.64. The van der Waals surface area contributed by atoms with Crippen molar-refractivity contribution in [1.82, 2.24) is 0 Å². The zero-order valence-electron chi connectivity index (χ0n) is 5.88. The van der Waals surface area contributed by atoms with E-state index < -0.39 is 0 Å². The third-order valence-corrected chi connectivity index (χ3v) is 2.13. The second-order valence-electron chi connectivity index (χ2n) is 3.15. The lowest BCUT2D eigenvalue weighted by atomic mass is 9.86. The van der Waals surface area contributed by atoms with Crippen molar-refractivity contribution in [3.63, 3.8) is 0 Å². The van der Waals surface area contributed by atoms with Crippen molar-refractivity contribution in [2.45, 2.75) is 38.3 Å². The molecule has 9 heavy (non-hydrogen) atoms. The van der Waals surface area contributed by atoms with E-state index in [2.05, 4.69) is 6.92 Å². The predicted molar refractivity (Wildman–Crippen MR) is 37.0 cm³/mol. The molecule has 0 bridgehead atoms. The molecule has 0 radical (unpaired) electrons. The Bertz CT molecular complexity index is 94.9. The average Bonchev–Trinajstić information content (AvgIpc) is 1.80. The Balaban J connectivity index is 2.35. The molecule has 1 aliphatic rings. The summed E-state index contributed by atoms with van der Waals surface area (Å²) in [4.78, 5) is 0. The second-order valence-corrected chi connectivity index (χ2v) is 3.15. The Morgan fingerprint density at radius 2 is 2.11 bits per heavy atom. The van der Waals surface area contributed by atoms with Gasteiger partial charge in [0.15, 0.2) is 0 Å². The molecule has 1 aliphatic carbocycles. The molecule has 0 aromatic heterocycles. The molecule has 1 saturated carbocycles. The van der Waals surface area contributed by atoms with Crippen LogP contribution in [-0.4, -0.2) is 17.3 Å². The van der Waals surface area contributed by atoms with E-state index in [1.54, 1.807) is 0 Å². The number of hydrogen-bond acceptors (Lipinski definition) is 2. The van der Waals surface area contributed by atoms with Crippen molar-refractivity contribution in [2.24, 2.45) is 11.7 Å². The quantitative estimate of drug-likeness (QED) is 0.500. The van der Waals surface area contributed by atoms with Gasteiger partial charge in [0.2, 0.25) is 0 Å². The first-order valence-electron chi connectivity index (χ1n) is 3.64. The van der Waals surface area contributed by atoms with E-state index in [9.17, 15) is 5.11 Å². The lowest BCUT2D eigenvalue weighted by molar-refractivity contribution is 0.0856. The fraction of sp³-hybridized carbons (Fsp3) is 1.00. The largest absolute Gasteiger partial charge is 0.392 e. The van der Waals surface area contributed by atoms with Crippen LogP contribution >= 0.6 is 0 Å². The maximum absolute atomic E-state index is 9.22. The van der Waals surface area contributed by atoms with Crippen LogP contribution in [0.2, 0.25) is 0 Å². The lowest BCUT2D eigenvalue weighted by Gasteiger charge is -2.28. The second kappa shape index (κ2) is 2.67. The normalized spacial score (nSPS) is 45.0. The first kappa shape index (κ1) is 7.03. The summed E-state index contributed by atoms with van der Waals surface area (Å²) in [7, 11) is 0. The van der Waals surface area contributed by atoms with Gasteiger partial charge in [-0.05, 0) is 25.2 Å². The maximum Gasteiger partial charge on any atom is 0.0693 e. The number of aliphatic hydroxyl groups excluding tert-OH is 1. The summed E-state index contributed by atoms with van der Waals surface area (Å²) >= 11 is 0. The number of hydrogen-bond donors (Lipinski definition) is 2. The standard InChI is InChI=1S/C7H15NO/c1-5-2-3-6(8)7(9)4-5/h5-7,9H,2-4,8H2,1H3/t5-,6+,7+/m1/s1.